The van der Waals surface area contributed by atoms with Gasteiger partial charge in [0.15, 0.2) is 0 Å². The number of azo groups is 1. The van der Waals surface area contributed by atoms with Crippen molar-refractivity contribution in [3.05, 3.63) is 47.8 Å². The number of benzene rings is 1. The Hall–Kier alpha value is -2.43. The SMILES string of the molecule is C=C(C1=CN=N1)c1cc(C)ccc1NC.CCCCNC(=O)CCC. The minimum absolute atomic E-state index is 0.191. The summed E-state index contributed by atoms with van der Waals surface area (Å²) < 4.78 is 0. The molecule has 0 aromatic heterocycles. The number of hydrogen-bond acceptors (Lipinski definition) is 4. The molecule has 0 saturated carbocycles. The molecule has 0 spiro atoms. The number of nitrogens with one attached hydrogen (secondary N) is 2. The van der Waals surface area contributed by atoms with Crippen LogP contribution < -0.4 is 10.6 Å². The molecule has 0 bridgehead atoms. The normalized spacial score (nSPS) is 11.6. The van der Waals surface area contributed by atoms with Crippen LogP contribution >= 0.6 is 0 Å². The molecule has 1 aromatic carbocycles. The van der Waals surface area contributed by atoms with Crippen LogP contribution in [0.3, 0.4) is 0 Å². The monoisotopic (exact) mass is 342 g/mol. The van der Waals surface area contributed by atoms with Gasteiger partial charge < -0.3 is 10.6 Å². The standard InChI is InChI=1S/C12H13N3.C8H17NO/c1-8-4-5-11(13-3)10(6-8)9(2)12-7-14-15-12;1-3-5-7-9-8(10)6-4-2/h4-7,13H,2H2,1,3H3;3-7H2,1-2H3,(H,9,10). The van der Waals surface area contributed by atoms with Crippen molar-refractivity contribution in [2.24, 2.45) is 10.2 Å². The van der Waals surface area contributed by atoms with Crippen molar-refractivity contribution in [2.75, 3.05) is 18.9 Å². The first-order valence-corrected chi connectivity index (χ1v) is 8.89. The second-order valence-corrected chi connectivity index (χ2v) is 5.96. The zero-order valence-electron chi connectivity index (χ0n) is 15.9. The molecule has 25 heavy (non-hydrogen) atoms. The van der Waals surface area contributed by atoms with Gasteiger partial charge in [-0.2, -0.15) is 5.11 Å². The van der Waals surface area contributed by atoms with Gasteiger partial charge in [-0.05, 0) is 31.9 Å². The van der Waals surface area contributed by atoms with E-state index in [1.807, 2.05) is 20.0 Å². The number of hydrogen-bond donors (Lipinski definition) is 2. The lowest BCUT2D eigenvalue weighted by Gasteiger charge is -2.14. The van der Waals surface area contributed by atoms with Crippen LogP contribution in [-0.2, 0) is 4.79 Å². The van der Waals surface area contributed by atoms with Crippen LogP contribution in [0.25, 0.3) is 5.57 Å². The first-order chi connectivity index (χ1) is 12.0. The second-order valence-electron chi connectivity index (χ2n) is 5.96. The summed E-state index contributed by atoms with van der Waals surface area (Å²) in [4.78, 5) is 10.8. The van der Waals surface area contributed by atoms with Crippen LogP contribution in [-0.4, -0.2) is 19.5 Å². The zero-order chi connectivity index (χ0) is 18.7. The molecule has 2 rings (SSSR count). The van der Waals surface area contributed by atoms with Crippen LogP contribution in [0.4, 0.5) is 5.69 Å². The lowest BCUT2D eigenvalue weighted by Crippen LogP contribution is -2.23. The van der Waals surface area contributed by atoms with Crippen molar-refractivity contribution in [2.45, 2.75) is 46.5 Å². The highest BCUT2D eigenvalue weighted by Crippen LogP contribution is 2.32. The van der Waals surface area contributed by atoms with Crippen LogP contribution in [0.2, 0.25) is 0 Å². The molecule has 1 amide bonds. The predicted octanol–water partition coefficient (Wildman–Crippen LogP) is 5.06. The van der Waals surface area contributed by atoms with E-state index >= 15 is 0 Å². The number of unbranched alkanes of at least 4 members (excludes halogenated alkanes) is 1. The fraction of sp³-hybridized carbons (Fsp3) is 0.450. The summed E-state index contributed by atoms with van der Waals surface area (Å²) in [6.45, 7) is 11.1. The van der Waals surface area contributed by atoms with Crippen molar-refractivity contribution in [3.8, 4) is 0 Å². The molecule has 1 aliphatic rings. The summed E-state index contributed by atoms with van der Waals surface area (Å²) in [6.07, 6.45) is 5.58. The summed E-state index contributed by atoms with van der Waals surface area (Å²) in [6, 6.07) is 6.22. The fourth-order valence-electron chi connectivity index (χ4n) is 2.24. The van der Waals surface area contributed by atoms with Gasteiger partial charge in [-0.1, -0.05) is 38.5 Å². The second kappa shape index (κ2) is 11.2. The van der Waals surface area contributed by atoms with Crippen molar-refractivity contribution >= 4 is 17.2 Å². The number of rotatable bonds is 8. The van der Waals surface area contributed by atoms with Crippen LogP contribution in [0.1, 0.15) is 50.7 Å². The summed E-state index contributed by atoms with van der Waals surface area (Å²) in [7, 11) is 1.90. The number of carbonyl (C=O) groups is 1. The van der Waals surface area contributed by atoms with E-state index in [4.69, 9.17) is 0 Å². The smallest absolute Gasteiger partial charge is 0.219 e. The predicted molar refractivity (Wildman–Crippen MR) is 106 cm³/mol. The molecule has 1 aliphatic heterocycles. The van der Waals surface area contributed by atoms with Gasteiger partial charge >= 0.3 is 0 Å². The van der Waals surface area contributed by atoms with Crippen molar-refractivity contribution in [1.82, 2.24) is 5.32 Å². The van der Waals surface area contributed by atoms with Gasteiger partial charge in [0.2, 0.25) is 5.91 Å². The summed E-state index contributed by atoms with van der Waals surface area (Å²) in [5, 5.41) is 13.6. The topological polar surface area (TPSA) is 65.8 Å². The molecule has 2 N–H and O–H groups in total. The Morgan fingerprint density at radius 3 is 2.48 bits per heavy atom. The maximum Gasteiger partial charge on any atom is 0.219 e. The first-order valence-electron chi connectivity index (χ1n) is 8.89. The maximum absolute atomic E-state index is 10.8. The van der Waals surface area contributed by atoms with Gasteiger partial charge in [-0.3, -0.25) is 4.79 Å². The number of aryl methyl sites for hydroxylation is 1. The number of allylic oxidation sites excluding steroid dienone is 1. The highest BCUT2D eigenvalue weighted by Gasteiger charge is 2.12. The van der Waals surface area contributed by atoms with Crippen molar-refractivity contribution in [3.63, 3.8) is 0 Å². The molecule has 0 saturated heterocycles. The maximum atomic E-state index is 10.8. The van der Waals surface area contributed by atoms with E-state index in [2.05, 4.69) is 53.4 Å². The van der Waals surface area contributed by atoms with Crippen LogP contribution in [0, 0.1) is 6.92 Å². The molecule has 1 heterocycles. The molecule has 0 unspecified atom stereocenters. The average Bonchev–Trinajstić information content (AvgIpc) is 2.54. The van der Waals surface area contributed by atoms with E-state index in [9.17, 15) is 4.79 Å². The van der Waals surface area contributed by atoms with Gasteiger partial charge in [0.25, 0.3) is 0 Å². The molecule has 1 aromatic rings. The van der Waals surface area contributed by atoms with Gasteiger partial charge in [-0.15, -0.1) is 5.11 Å². The molecule has 0 atom stereocenters. The largest absolute Gasteiger partial charge is 0.388 e. The van der Waals surface area contributed by atoms with Crippen molar-refractivity contribution < 1.29 is 4.79 Å². The molecule has 0 aliphatic carbocycles. The Labute approximate surface area is 151 Å². The number of nitrogens with zero attached hydrogens (tertiary/aromatic N) is 2. The molecule has 5 heteroatoms. The Kier molecular flexibility index (Phi) is 9.22. The van der Waals surface area contributed by atoms with E-state index in [1.165, 1.54) is 5.56 Å². The fourth-order valence-corrected chi connectivity index (χ4v) is 2.24. The minimum Gasteiger partial charge on any atom is -0.388 e. The molecule has 0 radical (unpaired) electrons. The third-order valence-corrected chi connectivity index (χ3v) is 3.75. The van der Waals surface area contributed by atoms with Gasteiger partial charge in [0.1, 0.15) is 5.70 Å². The zero-order valence-corrected chi connectivity index (χ0v) is 15.9. The highest BCUT2D eigenvalue weighted by atomic mass is 16.1. The van der Waals surface area contributed by atoms with E-state index in [0.29, 0.717) is 6.42 Å². The third-order valence-electron chi connectivity index (χ3n) is 3.75. The first kappa shape index (κ1) is 20.6. The Morgan fingerprint density at radius 2 is 1.96 bits per heavy atom. The van der Waals surface area contributed by atoms with Gasteiger partial charge in [0, 0.05) is 36.8 Å². The molecule has 5 nitrogen and oxygen atoms in total. The minimum atomic E-state index is 0.191. The van der Waals surface area contributed by atoms with Crippen LogP contribution in [0.15, 0.2) is 46.9 Å². The van der Waals surface area contributed by atoms with Crippen molar-refractivity contribution in [1.29, 1.82) is 0 Å². The van der Waals surface area contributed by atoms with E-state index in [0.717, 1.165) is 48.3 Å². The Bertz CT molecular complexity index is 647. The summed E-state index contributed by atoms with van der Waals surface area (Å²) >= 11 is 0. The third kappa shape index (κ3) is 6.91. The van der Waals surface area contributed by atoms with Gasteiger partial charge in [-0.25, -0.2) is 0 Å². The summed E-state index contributed by atoms with van der Waals surface area (Å²) in [5.74, 6) is 0.191. The van der Waals surface area contributed by atoms with Gasteiger partial charge in [0.05, 0.1) is 6.20 Å². The quantitative estimate of drug-likeness (QED) is 0.648. The lowest BCUT2D eigenvalue weighted by molar-refractivity contribution is -0.121. The number of anilines is 1. The number of amides is 1. The molecule has 0 fully saturated rings. The summed E-state index contributed by atoms with van der Waals surface area (Å²) in [5.41, 5.74) is 5.13. The van der Waals surface area contributed by atoms with E-state index in [-0.39, 0.29) is 5.91 Å². The highest BCUT2D eigenvalue weighted by molar-refractivity contribution is 5.84. The average molecular weight is 342 g/mol. The lowest BCUT2D eigenvalue weighted by atomic mass is 10.0. The van der Waals surface area contributed by atoms with E-state index < -0.39 is 0 Å². The van der Waals surface area contributed by atoms with E-state index in [1.54, 1.807) is 6.20 Å². The van der Waals surface area contributed by atoms with Crippen LogP contribution in [0.5, 0.6) is 0 Å². The molecular formula is C20H30N4O. The number of carbonyl (C=O) groups excluding carboxylic acids is 1. The molecule has 136 valence electrons. The Morgan fingerprint density at radius 1 is 1.24 bits per heavy atom. The molecular weight excluding hydrogens is 312 g/mol. The Balaban J connectivity index is 0.000000275.